The summed E-state index contributed by atoms with van der Waals surface area (Å²) in [6, 6.07) is 46.9. The van der Waals surface area contributed by atoms with Crippen LogP contribution in [0.5, 0.6) is 5.75 Å². The minimum atomic E-state index is 0.204. The zero-order valence-corrected chi connectivity index (χ0v) is 22.6. The molecule has 0 aliphatic heterocycles. The lowest BCUT2D eigenvalue weighted by Crippen LogP contribution is -2.28. The van der Waals surface area contributed by atoms with Gasteiger partial charge in [-0.1, -0.05) is 91.0 Å². The first-order valence-electron chi connectivity index (χ1n) is 13.9. The van der Waals surface area contributed by atoms with Gasteiger partial charge in [-0.05, 0) is 63.1 Å². The third-order valence-corrected chi connectivity index (χ3v) is 7.79. The Morgan fingerprint density at radius 1 is 0.524 bits per heavy atom. The predicted molar refractivity (Wildman–Crippen MR) is 168 cm³/mol. The summed E-state index contributed by atoms with van der Waals surface area (Å²) < 4.78 is 4.05. The van der Waals surface area contributed by atoms with Crippen LogP contribution in [0.3, 0.4) is 0 Å². The molecule has 0 saturated heterocycles. The second-order valence-electron chi connectivity index (χ2n) is 10.3. The zero-order valence-electron chi connectivity index (χ0n) is 22.6. The molecular weight excluding hydrogens is 516 g/mol. The van der Waals surface area contributed by atoms with Crippen molar-refractivity contribution in [1.82, 2.24) is 14.5 Å². The van der Waals surface area contributed by atoms with Crippen LogP contribution in [-0.4, -0.2) is 19.6 Å². The van der Waals surface area contributed by atoms with E-state index in [9.17, 15) is 5.11 Å². The molecule has 5 nitrogen and oxygen atoms in total. The number of fused-ring (bicyclic) bond motifs is 4. The summed E-state index contributed by atoms with van der Waals surface area (Å²) in [5.41, 5.74) is 7.57. The maximum atomic E-state index is 11.5. The molecule has 8 aromatic rings. The van der Waals surface area contributed by atoms with Crippen LogP contribution in [0.1, 0.15) is 0 Å². The molecule has 3 heterocycles. The molecule has 0 spiro atoms. The first kappa shape index (κ1) is 24.0. The molecule has 42 heavy (non-hydrogen) atoms. The minimum Gasteiger partial charge on any atom is -0.507 e. The fraction of sp³-hybridized carbons (Fsp3) is 0. The van der Waals surface area contributed by atoms with Gasteiger partial charge < -0.3 is 5.11 Å². The van der Waals surface area contributed by atoms with Crippen molar-refractivity contribution in [1.29, 1.82) is 0 Å². The summed E-state index contributed by atoms with van der Waals surface area (Å²) >= 11 is 0. The lowest BCUT2D eigenvalue weighted by atomic mass is 9.97. The van der Waals surface area contributed by atoms with Gasteiger partial charge in [0.05, 0.1) is 22.8 Å². The second kappa shape index (κ2) is 9.68. The maximum absolute atomic E-state index is 11.5. The van der Waals surface area contributed by atoms with E-state index in [-0.39, 0.29) is 5.75 Å². The minimum absolute atomic E-state index is 0.204. The molecule has 1 N–H and O–H groups in total. The fourth-order valence-electron chi connectivity index (χ4n) is 5.82. The maximum Gasteiger partial charge on any atom is 0.387 e. The number of phenolic OH excluding ortho intramolecular Hbond substituents is 1. The summed E-state index contributed by atoms with van der Waals surface area (Å²) in [6.07, 6.45) is 1.98. The Kier molecular flexibility index (Phi) is 5.54. The third-order valence-electron chi connectivity index (χ3n) is 7.79. The quantitative estimate of drug-likeness (QED) is 0.230. The van der Waals surface area contributed by atoms with E-state index in [1.807, 2.05) is 100 Å². The smallest absolute Gasteiger partial charge is 0.387 e. The number of rotatable bonds is 4. The van der Waals surface area contributed by atoms with E-state index in [0.29, 0.717) is 5.95 Å². The fourth-order valence-corrected chi connectivity index (χ4v) is 5.82. The second-order valence-corrected chi connectivity index (χ2v) is 10.3. The number of benzene rings is 5. The molecule has 5 heteroatoms. The highest BCUT2D eigenvalue weighted by atomic mass is 16.3. The first-order valence-corrected chi connectivity index (χ1v) is 13.9. The van der Waals surface area contributed by atoms with E-state index in [4.69, 9.17) is 9.97 Å². The summed E-state index contributed by atoms with van der Waals surface area (Å²) in [4.78, 5) is 10.1. The largest absolute Gasteiger partial charge is 0.507 e. The molecule has 0 aliphatic rings. The molecule has 0 saturated carbocycles. The molecule has 3 aromatic heterocycles. The van der Waals surface area contributed by atoms with E-state index < -0.39 is 0 Å². The number of hydrogen-bond donors (Lipinski definition) is 1. The van der Waals surface area contributed by atoms with Crippen molar-refractivity contribution in [2.45, 2.75) is 0 Å². The third kappa shape index (κ3) is 3.91. The molecule has 0 radical (unpaired) electrons. The highest BCUT2D eigenvalue weighted by Gasteiger charge is 2.24. The van der Waals surface area contributed by atoms with Crippen molar-refractivity contribution in [3.05, 3.63) is 146 Å². The van der Waals surface area contributed by atoms with Crippen molar-refractivity contribution >= 4 is 27.5 Å². The summed E-state index contributed by atoms with van der Waals surface area (Å²) in [5, 5.41) is 13.6. The SMILES string of the molecule is Oc1cc2c(cc1-c1cccc(-c3ccccc3)c1)c1ccccc1n2-c1nc(-c2ccccc2)[n+]2ccccc2n1. The van der Waals surface area contributed by atoms with E-state index in [1.54, 1.807) is 0 Å². The molecule has 198 valence electrons. The Bertz CT molecular complexity index is 2260. The summed E-state index contributed by atoms with van der Waals surface area (Å²) in [7, 11) is 0. The standard InChI is InChI=1S/C37H24N4O/c42-34-24-33-31(23-30(34)28-17-11-16-27(22-28)25-12-3-1-4-13-25)29-18-7-8-19-32(29)41(33)37-38-35-20-9-10-21-40(35)36(39-37)26-14-5-2-6-15-26/h1-24H/p+1. The van der Waals surface area contributed by atoms with Crippen LogP contribution in [0.15, 0.2) is 146 Å². The Morgan fingerprint density at radius 3 is 2.05 bits per heavy atom. The molecule has 0 unspecified atom stereocenters. The molecule has 0 fully saturated rings. The van der Waals surface area contributed by atoms with Gasteiger partial charge in [0.25, 0.3) is 11.5 Å². The molecule has 5 aromatic carbocycles. The normalized spacial score (nSPS) is 11.4. The molecule has 8 rings (SSSR count). The number of aromatic nitrogens is 4. The average molecular weight is 542 g/mol. The van der Waals surface area contributed by atoms with Crippen molar-refractivity contribution in [3.63, 3.8) is 0 Å². The molecule has 0 atom stereocenters. The van der Waals surface area contributed by atoms with Gasteiger partial charge in [-0.3, -0.25) is 0 Å². The van der Waals surface area contributed by atoms with Crippen LogP contribution in [0.25, 0.3) is 67.0 Å². The van der Waals surface area contributed by atoms with E-state index in [0.717, 1.165) is 61.1 Å². The number of para-hydroxylation sites is 1. The van der Waals surface area contributed by atoms with Gasteiger partial charge in [0.2, 0.25) is 0 Å². The number of aromatic hydroxyl groups is 1. The summed E-state index contributed by atoms with van der Waals surface area (Å²) in [6.45, 7) is 0. The van der Waals surface area contributed by atoms with Crippen LogP contribution in [-0.2, 0) is 0 Å². The summed E-state index contributed by atoms with van der Waals surface area (Å²) in [5.74, 6) is 1.54. The van der Waals surface area contributed by atoms with Crippen LogP contribution in [0.4, 0.5) is 0 Å². The Hall–Kier alpha value is -5.81. The molecule has 0 bridgehead atoms. The molecule has 0 amide bonds. The number of nitrogens with zero attached hydrogens (tertiary/aromatic N) is 4. The van der Waals surface area contributed by atoms with Gasteiger partial charge in [0.15, 0.2) is 0 Å². The van der Waals surface area contributed by atoms with Gasteiger partial charge in [0.1, 0.15) is 5.75 Å². The zero-order chi connectivity index (χ0) is 28.0. The molecule has 0 aliphatic carbocycles. The van der Waals surface area contributed by atoms with Crippen LogP contribution in [0.2, 0.25) is 0 Å². The predicted octanol–water partition coefficient (Wildman–Crippen LogP) is 8.02. The van der Waals surface area contributed by atoms with Crippen LogP contribution in [0, 0.1) is 0 Å². The van der Waals surface area contributed by atoms with Gasteiger partial charge in [-0.25, -0.2) is 4.57 Å². The monoisotopic (exact) mass is 541 g/mol. The van der Waals surface area contributed by atoms with E-state index in [2.05, 4.69) is 54.6 Å². The topological polar surface area (TPSA) is 55.0 Å². The Balaban J connectivity index is 1.38. The first-order chi connectivity index (χ1) is 20.7. The van der Waals surface area contributed by atoms with E-state index >= 15 is 0 Å². The highest BCUT2D eigenvalue weighted by Crippen LogP contribution is 2.40. The number of phenols is 1. The number of hydrogen-bond acceptors (Lipinski definition) is 3. The van der Waals surface area contributed by atoms with Gasteiger partial charge in [-0.15, -0.1) is 0 Å². The lowest BCUT2D eigenvalue weighted by molar-refractivity contribution is -0.505. The Morgan fingerprint density at radius 2 is 1.21 bits per heavy atom. The Labute approximate surface area is 242 Å². The van der Waals surface area contributed by atoms with Crippen molar-refractivity contribution in [2.75, 3.05) is 0 Å². The lowest BCUT2D eigenvalue weighted by Gasteiger charge is -2.09. The average Bonchev–Trinajstić information content (AvgIpc) is 3.37. The van der Waals surface area contributed by atoms with Crippen molar-refractivity contribution in [2.24, 2.45) is 0 Å². The van der Waals surface area contributed by atoms with Gasteiger partial charge in [-0.2, -0.15) is 4.40 Å². The highest BCUT2D eigenvalue weighted by molar-refractivity contribution is 6.11. The molecular formula is C37H25N4O+. The van der Waals surface area contributed by atoms with Crippen LogP contribution >= 0.6 is 0 Å². The van der Waals surface area contributed by atoms with Gasteiger partial charge in [0, 0.05) is 28.5 Å². The van der Waals surface area contributed by atoms with E-state index in [1.165, 1.54) is 0 Å². The van der Waals surface area contributed by atoms with Crippen molar-refractivity contribution in [3.8, 4) is 45.3 Å². The van der Waals surface area contributed by atoms with Crippen LogP contribution < -0.4 is 4.40 Å². The van der Waals surface area contributed by atoms with Gasteiger partial charge >= 0.3 is 5.95 Å². The number of pyridine rings is 1. The van der Waals surface area contributed by atoms with Crippen molar-refractivity contribution < 1.29 is 9.51 Å².